The van der Waals surface area contributed by atoms with Gasteiger partial charge in [0.2, 0.25) is 0 Å². The predicted molar refractivity (Wildman–Crippen MR) is 112 cm³/mol. The van der Waals surface area contributed by atoms with Crippen LogP contribution < -0.4 is 10.3 Å². The molecular formula is C22H18BrN3O. The molecule has 0 saturated heterocycles. The normalized spacial score (nSPS) is 13.0. The number of carbonyl (C=O) groups excluding carboxylic acids is 1. The molecule has 4 nitrogen and oxygen atoms in total. The van der Waals surface area contributed by atoms with Crippen molar-refractivity contribution in [3.8, 4) is 0 Å². The fraction of sp³-hybridized carbons (Fsp3) is 0.0909. The number of nitrogens with one attached hydrogen (secondary N) is 1. The summed E-state index contributed by atoms with van der Waals surface area (Å²) in [6, 6.07) is 23.8. The van der Waals surface area contributed by atoms with Gasteiger partial charge in [-0.1, -0.05) is 52.3 Å². The number of halogens is 1. The van der Waals surface area contributed by atoms with Gasteiger partial charge in [-0.2, -0.15) is 5.10 Å². The molecule has 0 aromatic heterocycles. The molecular weight excluding hydrogens is 402 g/mol. The van der Waals surface area contributed by atoms with Gasteiger partial charge in [-0.15, -0.1) is 0 Å². The Morgan fingerprint density at radius 3 is 2.48 bits per heavy atom. The Morgan fingerprint density at radius 1 is 0.963 bits per heavy atom. The minimum absolute atomic E-state index is 0.202. The van der Waals surface area contributed by atoms with Crippen LogP contribution in [0, 0.1) is 0 Å². The van der Waals surface area contributed by atoms with Crippen molar-refractivity contribution in [1.82, 2.24) is 5.43 Å². The van der Waals surface area contributed by atoms with Crippen molar-refractivity contribution in [2.45, 2.75) is 13.1 Å². The number of hydrazone groups is 1. The van der Waals surface area contributed by atoms with Crippen LogP contribution in [0.4, 0.5) is 5.69 Å². The number of nitrogens with zero attached hydrogens (tertiary/aromatic N) is 2. The molecule has 0 bridgehead atoms. The Balaban J connectivity index is 1.43. The summed E-state index contributed by atoms with van der Waals surface area (Å²) in [5, 5.41) is 4.04. The first-order valence-electron chi connectivity index (χ1n) is 8.70. The van der Waals surface area contributed by atoms with E-state index in [-0.39, 0.29) is 5.91 Å². The highest BCUT2D eigenvalue weighted by Crippen LogP contribution is 2.29. The maximum atomic E-state index is 12.4. The summed E-state index contributed by atoms with van der Waals surface area (Å²) in [7, 11) is 0. The van der Waals surface area contributed by atoms with Gasteiger partial charge in [0.25, 0.3) is 5.91 Å². The summed E-state index contributed by atoms with van der Waals surface area (Å²) in [6.07, 6.45) is 1.64. The van der Waals surface area contributed by atoms with Crippen LogP contribution in [0.25, 0.3) is 0 Å². The third-order valence-electron chi connectivity index (χ3n) is 4.56. The molecule has 0 fully saturated rings. The average molecular weight is 420 g/mol. The second-order valence-electron chi connectivity index (χ2n) is 6.43. The Hall–Kier alpha value is -2.92. The quantitative estimate of drug-likeness (QED) is 0.490. The van der Waals surface area contributed by atoms with Crippen molar-refractivity contribution in [2.75, 3.05) is 4.90 Å². The fourth-order valence-electron chi connectivity index (χ4n) is 3.14. The zero-order valence-electron chi connectivity index (χ0n) is 14.6. The Labute approximate surface area is 166 Å². The molecule has 5 heteroatoms. The van der Waals surface area contributed by atoms with Crippen molar-refractivity contribution in [3.05, 3.63) is 99.5 Å². The fourth-order valence-corrected chi connectivity index (χ4v) is 3.40. The van der Waals surface area contributed by atoms with Crippen molar-refractivity contribution in [1.29, 1.82) is 0 Å². The van der Waals surface area contributed by atoms with Crippen LogP contribution in [0.5, 0.6) is 0 Å². The third kappa shape index (κ3) is 4.09. The second-order valence-corrected chi connectivity index (χ2v) is 7.34. The van der Waals surface area contributed by atoms with Gasteiger partial charge in [0, 0.05) is 28.8 Å². The van der Waals surface area contributed by atoms with Crippen molar-refractivity contribution in [2.24, 2.45) is 5.10 Å². The highest BCUT2D eigenvalue weighted by Gasteiger charge is 2.20. The van der Waals surface area contributed by atoms with E-state index in [2.05, 4.69) is 43.5 Å². The van der Waals surface area contributed by atoms with Gasteiger partial charge < -0.3 is 4.90 Å². The van der Waals surface area contributed by atoms with Crippen molar-refractivity contribution < 1.29 is 4.79 Å². The molecule has 1 amide bonds. The lowest BCUT2D eigenvalue weighted by molar-refractivity contribution is 0.0955. The van der Waals surface area contributed by atoms with Crippen LogP contribution in [0.15, 0.2) is 82.4 Å². The Kier molecular flexibility index (Phi) is 5.03. The number of amides is 1. The van der Waals surface area contributed by atoms with E-state index >= 15 is 0 Å². The van der Waals surface area contributed by atoms with E-state index in [9.17, 15) is 4.79 Å². The van der Waals surface area contributed by atoms with Gasteiger partial charge in [0.15, 0.2) is 0 Å². The minimum Gasteiger partial charge on any atom is -0.363 e. The van der Waals surface area contributed by atoms with Crippen LogP contribution >= 0.6 is 15.9 Å². The molecule has 1 aliphatic rings. The van der Waals surface area contributed by atoms with Crippen molar-refractivity contribution >= 4 is 33.7 Å². The summed E-state index contributed by atoms with van der Waals surface area (Å²) < 4.78 is 1.07. The highest BCUT2D eigenvalue weighted by atomic mass is 79.9. The summed E-state index contributed by atoms with van der Waals surface area (Å²) in [5.74, 6) is -0.202. The van der Waals surface area contributed by atoms with E-state index in [0.717, 1.165) is 23.1 Å². The zero-order chi connectivity index (χ0) is 18.6. The number of carbonyl (C=O) groups is 1. The molecule has 1 heterocycles. The zero-order valence-corrected chi connectivity index (χ0v) is 16.2. The molecule has 134 valence electrons. The lowest BCUT2D eigenvalue weighted by Crippen LogP contribution is -2.17. The standard InChI is InChI=1S/C22H18BrN3O/c23-20-8-10-21(11-9-20)26-14-18-7-6-17(12-19(18)15-26)22(27)25-24-13-16-4-2-1-3-5-16/h1-13H,14-15H2,(H,25,27)/b24-13-. The molecule has 0 saturated carbocycles. The Bertz CT molecular complexity index is 984. The lowest BCUT2D eigenvalue weighted by atomic mass is 10.1. The number of benzene rings is 3. The smallest absolute Gasteiger partial charge is 0.271 e. The largest absolute Gasteiger partial charge is 0.363 e. The van der Waals surface area contributed by atoms with Crippen LogP contribution in [0.1, 0.15) is 27.0 Å². The minimum atomic E-state index is -0.202. The number of hydrogen-bond donors (Lipinski definition) is 1. The number of fused-ring (bicyclic) bond motifs is 1. The maximum absolute atomic E-state index is 12.4. The first kappa shape index (κ1) is 17.5. The number of rotatable bonds is 4. The van der Waals surface area contributed by atoms with Crippen molar-refractivity contribution in [3.63, 3.8) is 0 Å². The molecule has 0 radical (unpaired) electrons. The van der Waals surface area contributed by atoms with E-state index in [0.29, 0.717) is 5.56 Å². The highest BCUT2D eigenvalue weighted by molar-refractivity contribution is 9.10. The van der Waals surface area contributed by atoms with Crippen LogP contribution in [-0.2, 0) is 13.1 Å². The predicted octanol–water partition coefficient (Wildman–Crippen LogP) is 4.73. The molecule has 4 rings (SSSR count). The molecule has 3 aromatic carbocycles. The van der Waals surface area contributed by atoms with E-state index in [1.807, 2.05) is 60.7 Å². The second kappa shape index (κ2) is 7.76. The van der Waals surface area contributed by atoms with Crippen LogP contribution in [-0.4, -0.2) is 12.1 Å². The van der Waals surface area contributed by atoms with Gasteiger partial charge in [-0.05, 0) is 53.1 Å². The molecule has 0 unspecified atom stereocenters. The number of anilines is 1. The number of hydrogen-bond acceptors (Lipinski definition) is 3. The average Bonchev–Trinajstić information content (AvgIpc) is 3.12. The van der Waals surface area contributed by atoms with Crippen LogP contribution in [0.2, 0.25) is 0 Å². The summed E-state index contributed by atoms with van der Waals surface area (Å²) in [5.41, 5.74) is 7.77. The van der Waals surface area contributed by atoms with Gasteiger partial charge in [0.05, 0.1) is 6.21 Å². The molecule has 0 aliphatic carbocycles. The van der Waals surface area contributed by atoms with E-state index in [1.165, 1.54) is 16.8 Å². The summed E-state index contributed by atoms with van der Waals surface area (Å²) in [6.45, 7) is 1.65. The van der Waals surface area contributed by atoms with E-state index in [1.54, 1.807) is 6.21 Å². The summed E-state index contributed by atoms with van der Waals surface area (Å²) >= 11 is 3.47. The summed E-state index contributed by atoms with van der Waals surface area (Å²) in [4.78, 5) is 14.7. The third-order valence-corrected chi connectivity index (χ3v) is 5.09. The first-order valence-corrected chi connectivity index (χ1v) is 9.49. The first-order chi connectivity index (χ1) is 13.2. The molecule has 0 atom stereocenters. The molecule has 27 heavy (non-hydrogen) atoms. The lowest BCUT2D eigenvalue weighted by Gasteiger charge is -2.17. The molecule has 1 aliphatic heterocycles. The maximum Gasteiger partial charge on any atom is 0.271 e. The Morgan fingerprint density at radius 2 is 1.70 bits per heavy atom. The van der Waals surface area contributed by atoms with Gasteiger partial charge in [-0.3, -0.25) is 4.79 Å². The van der Waals surface area contributed by atoms with E-state index in [4.69, 9.17) is 0 Å². The topological polar surface area (TPSA) is 44.7 Å². The molecule has 1 N–H and O–H groups in total. The van der Waals surface area contributed by atoms with Gasteiger partial charge in [-0.25, -0.2) is 5.43 Å². The monoisotopic (exact) mass is 419 g/mol. The van der Waals surface area contributed by atoms with Crippen LogP contribution in [0.3, 0.4) is 0 Å². The molecule has 3 aromatic rings. The molecule has 0 spiro atoms. The van der Waals surface area contributed by atoms with Gasteiger partial charge >= 0.3 is 0 Å². The van der Waals surface area contributed by atoms with E-state index < -0.39 is 0 Å². The SMILES string of the molecule is O=C(N/N=C\c1ccccc1)c1ccc2c(c1)CN(c1ccc(Br)cc1)C2. The van der Waals surface area contributed by atoms with Gasteiger partial charge in [0.1, 0.15) is 0 Å².